The lowest BCUT2D eigenvalue weighted by atomic mass is 9.94. The van der Waals surface area contributed by atoms with E-state index in [2.05, 4.69) is 0 Å². The molecule has 0 fully saturated rings. The summed E-state index contributed by atoms with van der Waals surface area (Å²) < 4.78 is 46.1. The van der Waals surface area contributed by atoms with Crippen molar-refractivity contribution in [3.63, 3.8) is 0 Å². The summed E-state index contributed by atoms with van der Waals surface area (Å²) in [5, 5.41) is 8.54. The fourth-order valence-electron chi connectivity index (χ4n) is 1.84. The number of carbonyl (C=O) groups is 1. The van der Waals surface area contributed by atoms with Crippen LogP contribution in [0.5, 0.6) is 5.75 Å². The highest BCUT2D eigenvalue weighted by atomic mass is 19.3. The van der Waals surface area contributed by atoms with Crippen LogP contribution in [0.4, 0.5) is 13.2 Å². The minimum Gasteiger partial charge on any atom is -0.497 e. The van der Waals surface area contributed by atoms with E-state index in [9.17, 15) is 18.0 Å². The van der Waals surface area contributed by atoms with E-state index in [1.54, 1.807) is 0 Å². The first-order valence-electron chi connectivity index (χ1n) is 5.70. The summed E-state index contributed by atoms with van der Waals surface area (Å²) in [6.07, 6.45) is -1.10. The van der Waals surface area contributed by atoms with Gasteiger partial charge < -0.3 is 9.84 Å². The summed E-state index contributed by atoms with van der Waals surface area (Å²) in [6.45, 7) is 1.39. The second-order valence-corrected chi connectivity index (χ2v) is 4.46. The minimum atomic E-state index is -3.41. The van der Waals surface area contributed by atoms with Crippen molar-refractivity contribution >= 4 is 5.97 Å². The zero-order chi connectivity index (χ0) is 14.6. The molecule has 1 atom stereocenters. The maximum Gasteiger partial charge on any atom is 0.303 e. The van der Waals surface area contributed by atoms with Crippen molar-refractivity contribution in [1.29, 1.82) is 0 Å². The maximum absolute atomic E-state index is 13.9. The lowest BCUT2D eigenvalue weighted by Gasteiger charge is -2.21. The van der Waals surface area contributed by atoms with Crippen molar-refractivity contribution < 1.29 is 27.8 Å². The quantitative estimate of drug-likeness (QED) is 0.865. The summed E-state index contributed by atoms with van der Waals surface area (Å²) >= 11 is 0. The van der Waals surface area contributed by atoms with Gasteiger partial charge in [0.2, 0.25) is 0 Å². The second kappa shape index (κ2) is 5.95. The van der Waals surface area contributed by atoms with Crippen molar-refractivity contribution in [3.05, 3.63) is 29.6 Å². The summed E-state index contributed by atoms with van der Waals surface area (Å²) in [6, 6.07) is 3.08. The number of benzene rings is 1. The first-order chi connectivity index (χ1) is 8.76. The highest BCUT2D eigenvalue weighted by Crippen LogP contribution is 2.37. The Morgan fingerprint density at radius 3 is 2.58 bits per heavy atom. The molecule has 1 aromatic carbocycles. The number of alkyl halides is 2. The molecule has 106 valence electrons. The number of carboxylic acid groups (broad SMARTS) is 1. The molecule has 19 heavy (non-hydrogen) atoms. The van der Waals surface area contributed by atoms with Crippen LogP contribution in [0.3, 0.4) is 0 Å². The molecule has 0 bridgehead atoms. The molecule has 0 spiro atoms. The molecule has 1 N–H and O–H groups in total. The van der Waals surface area contributed by atoms with Gasteiger partial charge in [0.1, 0.15) is 11.6 Å². The lowest BCUT2D eigenvalue weighted by Crippen LogP contribution is -2.20. The van der Waals surface area contributed by atoms with Gasteiger partial charge in [-0.15, -0.1) is 0 Å². The molecule has 1 aromatic rings. The van der Waals surface area contributed by atoms with E-state index in [0.717, 1.165) is 12.1 Å². The molecule has 0 heterocycles. The Balaban J connectivity index is 2.90. The van der Waals surface area contributed by atoms with Crippen LogP contribution in [-0.2, 0) is 10.7 Å². The Morgan fingerprint density at radius 2 is 2.11 bits per heavy atom. The Hall–Kier alpha value is -1.72. The average Bonchev–Trinajstić information content (AvgIpc) is 2.26. The number of halogens is 3. The molecular formula is C13H15F3O3. The first-order valence-corrected chi connectivity index (χ1v) is 5.70. The third-order valence-electron chi connectivity index (χ3n) is 2.70. The molecule has 0 aromatic heterocycles. The zero-order valence-corrected chi connectivity index (χ0v) is 10.6. The molecule has 0 aliphatic rings. The number of rotatable bonds is 6. The summed E-state index contributed by atoms with van der Waals surface area (Å²) in [5.41, 5.74) is -0.745. The van der Waals surface area contributed by atoms with Gasteiger partial charge in [0.15, 0.2) is 0 Å². The lowest BCUT2D eigenvalue weighted by molar-refractivity contribution is -0.138. The normalized spacial score (nSPS) is 13.1. The number of ether oxygens (including phenoxy) is 1. The molecule has 1 rings (SSSR count). The Bertz CT molecular complexity index is 460. The van der Waals surface area contributed by atoms with Crippen LogP contribution < -0.4 is 4.74 Å². The van der Waals surface area contributed by atoms with Crippen molar-refractivity contribution in [2.45, 2.75) is 25.7 Å². The Morgan fingerprint density at radius 1 is 1.47 bits per heavy atom. The SMILES string of the molecule is COc1ccc(C(F)(F)CC(C)CC(=O)O)c(F)c1. The van der Waals surface area contributed by atoms with Crippen molar-refractivity contribution in [2.24, 2.45) is 5.92 Å². The zero-order valence-electron chi connectivity index (χ0n) is 10.6. The van der Waals surface area contributed by atoms with Gasteiger partial charge in [-0.3, -0.25) is 4.79 Å². The fraction of sp³-hybridized carbons (Fsp3) is 0.462. The highest BCUT2D eigenvalue weighted by molar-refractivity contribution is 5.66. The summed E-state index contributed by atoms with van der Waals surface area (Å²) in [5.74, 6) is -6.24. The molecule has 0 saturated heterocycles. The van der Waals surface area contributed by atoms with E-state index in [4.69, 9.17) is 9.84 Å². The van der Waals surface area contributed by atoms with E-state index in [0.29, 0.717) is 0 Å². The number of carboxylic acids is 1. The number of hydrogen-bond acceptors (Lipinski definition) is 2. The standard InChI is InChI=1S/C13H15F3O3/c1-8(5-12(17)18)7-13(15,16)10-4-3-9(19-2)6-11(10)14/h3-4,6,8H,5,7H2,1-2H3,(H,17,18). The molecule has 0 amide bonds. The number of aliphatic carboxylic acids is 1. The number of hydrogen-bond donors (Lipinski definition) is 1. The molecule has 0 radical (unpaired) electrons. The molecule has 3 nitrogen and oxygen atoms in total. The van der Waals surface area contributed by atoms with Crippen molar-refractivity contribution in [1.82, 2.24) is 0 Å². The van der Waals surface area contributed by atoms with E-state index < -0.39 is 35.6 Å². The van der Waals surface area contributed by atoms with Crippen LogP contribution in [0.15, 0.2) is 18.2 Å². The molecule has 6 heteroatoms. The van der Waals surface area contributed by atoms with Crippen LogP contribution in [0.1, 0.15) is 25.3 Å². The van der Waals surface area contributed by atoms with Crippen LogP contribution in [0.25, 0.3) is 0 Å². The highest BCUT2D eigenvalue weighted by Gasteiger charge is 2.36. The Kier molecular flexibility index (Phi) is 4.80. The summed E-state index contributed by atoms with van der Waals surface area (Å²) in [4.78, 5) is 10.4. The average molecular weight is 276 g/mol. The van der Waals surface area contributed by atoms with Gasteiger partial charge in [0.05, 0.1) is 12.7 Å². The predicted octanol–water partition coefficient (Wildman–Crippen LogP) is 3.43. The van der Waals surface area contributed by atoms with Crippen LogP contribution in [0, 0.1) is 11.7 Å². The van der Waals surface area contributed by atoms with Gasteiger partial charge in [-0.25, -0.2) is 13.2 Å². The van der Waals surface area contributed by atoms with E-state index >= 15 is 0 Å². The predicted molar refractivity (Wildman–Crippen MR) is 62.9 cm³/mol. The topological polar surface area (TPSA) is 46.5 Å². The monoisotopic (exact) mass is 276 g/mol. The Labute approximate surface area is 109 Å². The molecule has 0 saturated carbocycles. The van der Waals surface area contributed by atoms with Gasteiger partial charge in [0, 0.05) is 18.9 Å². The second-order valence-electron chi connectivity index (χ2n) is 4.46. The van der Waals surface area contributed by atoms with E-state index in [1.807, 2.05) is 0 Å². The van der Waals surface area contributed by atoms with Crippen molar-refractivity contribution in [3.8, 4) is 5.75 Å². The third-order valence-corrected chi connectivity index (χ3v) is 2.70. The molecule has 0 aliphatic carbocycles. The van der Waals surface area contributed by atoms with Gasteiger partial charge in [-0.2, -0.15) is 0 Å². The fourth-order valence-corrected chi connectivity index (χ4v) is 1.84. The van der Waals surface area contributed by atoms with Crippen LogP contribution in [-0.4, -0.2) is 18.2 Å². The van der Waals surface area contributed by atoms with Gasteiger partial charge in [-0.1, -0.05) is 6.92 Å². The van der Waals surface area contributed by atoms with E-state index in [-0.39, 0.29) is 12.2 Å². The molecule has 0 aliphatic heterocycles. The van der Waals surface area contributed by atoms with E-state index in [1.165, 1.54) is 20.1 Å². The van der Waals surface area contributed by atoms with Crippen LogP contribution >= 0.6 is 0 Å². The third kappa shape index (κ3) is 4.15. The maximum atomic E-state index is 13.9. The van der Waals surface area contributed by atoms with Crippen LogP contribution in [0.2, 0.25) is 0 Å². The van der Waals surface area contributed by atoms with Gasteiger partial charge in [-0.05, 0) is 18.1 Å². The first kappa shape index (κ1) is 15.3. The summed E-state index contributed by atoms with van der Waals surface area (Å²) in [7, 11) is 1.31. The molecular weight excluding hydrogens is 261 g/mol. The van der Waals surface area contributed by atoms with Gasteiger partial charge in [0.25, 0.3) is 5.92 Å². The largest absolute Gasteiger partial charge is 0.497 e. The van der Waals surface area contributed by atoms with Gasteiger partial charge >= 0.3 is 5.97 Å². The molecule has 1 unspecified atom stereocenters. The minimum absolute atomic E-state index is 0.149. The van der Waals surface area contributed by atoms with Crippen molar-refractivity contribution in [2.75, 3.05) is 7.11 Å². The smallest absolute Gasteiger partial charge is 0.303 e. The number of methoxy groups -OCH3 is 1.